The van der Waals surface area contributed by atoms with Gasteiger partial charge in [0.1, 0.15) is 0 Å². The van der Waals surface area contributed by atoms with Crippen molar-refractivity contribution < 1.29 is 13.9 Å². The number of hydrogen-bond donors (Lipinski definition) is 0. The van der Waals surface area contributed by atoms with Gasteiger partial charge < -0.3 is 4.74 Å². The zero-order chi connectivity index (χ0) is 12.4. The van der Waals surface area contributed by atoms with Gasteiger partial charge >= 0.3 is 0 Å². The normalized spacial score (nSPS) is 10.3. The highest BCUT2D eigenvalue weighted by Crippen LogP contribution is 2.23. The Morgan fingerprint density at radius 2 is 2.12 bits per heavy atom. The van der Waals surface area contributed by atoms with Crippen molar-refractivity contribution in [2.75, 3.05) is 7.11 Å². The van der Waals surface area contributed by atoms with Gasteiger partial charge in [0.05, 0.1) is 7.11 Å². The lowest BCUT2D eigenvalue weighted by Gasteiger charge is -2.05. The van der Waals surface area contributed by atoms with E-state index in [0.29, 0.717) is 11.1 Å². The van der Waals surface area contributed by atoms with Crippen molar-refractivity contribution in [2.24, 2.45) is 0 Å². The molecule has 0 N–H and O–H groups in total. The number of methoxy groups -OCH3 is 1. The van der Waals surface area contributed by atoms with Crippen LogP contribution in [0.3, 0.4) is 0 Å². The molecule has 1 heterocycles. The van der Waals surface area contributed by atoms with E-state index in [0.717, 1.165) is 4.88 Å². The Morgan fingerprint density at radius 3 is 2.71 bits per heavy atom. The van der Waals surface area contributed by atoms with Crippen LogP contribution in [0.15, 0.2) is 29.6 Å². The molecule has 4 heteroatoms. The van der Waals surface area contributed by atoms with Crippen LogP contribution in [-0.4, -0.2) is 12.9 Å². The van der Waals surface area contributed by atoms with Crippen molar-refractivity contribution in [3.8, 4) is 5.75 Å². The molecule has 0 radical (unpaired) electrons. The van der Waals surface area contributed by atoms with Crippen LogP contribution in [0.1, 0.15) is 20.8 Å². The molecule has 88 valence electrons. The number of rotatable bonds is 3. The van der Waals surface area contributed by atoms with Crippen molar-refractivity contribution in [2.45, 2.75) is 6.92 Å². The molecule has 0 atom stereocenters. The molecule has 0 amide bonds. The standard InChI is InChI=1S/C13H11FO2S/c1-8-10(5-6-17-8)13(15)9-3-4-11(14)12(7-9)16-2/h3-7H,1-2H3. The lowest BCUT2D eigenvalue weighted by molar-refractivity contribution is 0.103. The molecule has 0 aliphatic carbocycles. The van der Waals surface area contributed by atoms with Gasteiger partial charge in [0.15, 0.2) is 17.3 Å². The Morgan fingerprint density at radius 1 is 1.35 bits per heavy atom. The number of halogens is 1. The monoisotopic (exact) mass is 250 g/mol. The summed E-state index contributed by atoms with van der Waals surface area (Å²) in [6.45, 7) is 1.89. The number of aryl methyl sites for hydroxylation is 1. The minimum absolute atomic E-state index is 0.0868. The van der Waals surface area contributed by atoms with Gasteiger partial charge in [0.2, 0.25) is 0 Å². The Kier molecular flexibility index (Phi) is 3.24. The number of ketones is 1. The minimum Gasteiger partial charge on any atom is -0.494 e. The molecular formula is C13H11FO2S. The molecule has 2 aromatic rings. The van der Waals surface area contributed by atoms with Crippen LogP contribution in [0.5, 0.6) is 5.75 Å². The maximum atomic E-state index is 13.2. The second-order valence-electron chi connectivity index (χ2n) is 3.57. The molecule has 0 saturated heterocycles. The second kappa shape index (κ2) is 4.67. The maximum Gasteiger partial charge on any atom is 0.194 e. The molecule has 2 rings (SSSR count). The summed E-state index contributed by atoms with van der Waals surface area (Å²) in [4.78, 5) is 13.1. The first-order chi connectivity index (χ1) is 8.13. The van der Waals surface area contributed by atoms with Gasteiger partial charge in [-0.15, -0.1) is 11.3 Å². The zero-order valence-corrected chi connectivity index (χ0v) is 10.3. The highest BCUT2D eigenvalue weighted by atomic mass is 32.1. The third-order valence-electron chi connectivity index (χ3n) is 2.52. The quantitative estimate of drug-likeness (QED) is 0.780. The topological polar surface area (TPSA) is 26.3 Å². The van der Waals surface area contributed by atoms with Gasteiger partial charge in [-0.3, -0.25) is 4.79 Å². The molecule has 2 nitrogen and oxygen atoms in total. The summed E-state index contributed by atoms with van der Waals surface area (Å²) in [5.41, 5.74) is 1.09. The van der Waals surface area contributed by atoms with Crippen LogP contribution in [0.4, 0.5) is 4.39 Å². The Labute approximate surface area is 103 Å². The highest BCUT2D eigenvalue weighted by Gasteiger charge is 2.14. The largest absolute Gasteiger partial charge is 0.494 e. The lowest BCUT2D eigenvalue weighted by Crippen LogP contribution is -2.02. The lowest BCUT2D eigenvalue weighted by atomic mass is 10.0. The van der Waals surface area contributed by atoms with Crippen molar-refractivity contribution in [3.63, 3.8) is 0 Å². The van der Waals surface area contributed by atoms with E-state index in [1.807, 2.05) is 12.3 Å². The highest BCUT2D eigenvalue weighted by molar-refractivity contribution is 7.10. The number of hydrogen-bond acceptors (Lipinski definition) is 3. The molecular weight excluding hydrogens is 239 g/mol. The predicted octanol–water partition coefficient (Wildman–Crippen LogP) is 3.44. The summed E-state index contributed by atoms with van der Waals surface area (Å²) in [6, 6.07) is 5.91. The first kappa shape index (κ1) is 11.8. The molecule has 1 aromatic heterocycles. The summed E-state index contributed by atoms with van der Waals surface area (Å²) in [7, 11) is 1.38. The van der Waals surface area contributed by atoms with Crippen LogP contribution in [0.2, 0.25) is 0 Å². The molecule has 0 unspecified atom stereocenters. The fraction of sp³-hybridized carbons (Fsp3) is 0.154. The molecule has 0 bridgehead atoms. The second-order valence-corrected chi connectivity index (χ2v) is 4.69. The molecule has 0 aliphatic heterocycles. The summed E-state index contributed by atoms with van der Waals surface area (Å²) in [6.07, 6.45) is 0. The van der Waals surface area contributed by atoms with Gasteiger partial charge in [-0.2, -0.15) is 0 Å². The summed E-state index contributed by atoms with van der Waals surface area (Å²) in [5.74, 6) is -0.489. The predicted molar refractivity (Wildman–Crippen MR) is 65.4 cm³/mol. The third kappa shape index (κ3) is 2.22. The number of ether oxygens (including phenoxy) is 1. The van der Waals surface area contributed by atoms with Gasteiger partial charge in [0.25, 0.3) is 0 Å². The summed E-state index contributed by atoms with van der Waals surface area (Å²) >= 11 is 1.51. The number of benzene rings is 1. The molecule has 0 aliphatic rings. The Hall–Kier alpha value is -1.68. The molecule has 0 saturated carbocycles. The molecule has 17 heavy (non-hydrogen) atoms. The summed E-state index contributed by atoms with van der Waals surface area (Å²) in [5, 5.41) is 1.86. The molecule has 1 aromatic carbocycles. The van der Waals surface area contributed by atoms with Gasteiger partial charge in [-0.1, -0.05) is 0 Å². The van der Waals surface area contributed by atoms with Crippen molar-refractivity contribution in [1.29, 1.82) is 0 Å². The minimum atomic E-state index is -0.467. The Balaban J connectivity index is 2.41. The smallest absolute Gasteiger partial charge is 0.194 e. The average molecular weight is 250 g/mol. The van der Waals surface area contributed by atoms with E-state index in [2.05, 4.69) is 0 Å². The van der Waals surface area contributed by atoms with E-state index in [1.165, 1.54) is 36.6 Å². The van der Waals surface area contributed by atoms with Crippen LogP contribution >= 0.6 is 11.3 Å². The number of carbonyl (C=O) groups excluding carboxylic acids is 1. The van der Waals surface area contributed by atoms with E-state index >= 15 is 0 Å². The van der Waals surface area contributed by atoms with Crippen molar-refractivity contribution >= 4 is 17.1 Å². The first-order valence-corrected chi connectivity index (χ1v) is 5.94. The zero-order valence-electron chi connectivity index (χ0n) is 9.49. The average Bonchev–Trinajstić information content (AvgIpc) is 2.75. The fourth-order valence-electron chi connectivity index (χ4n) is 1.58. The first-order valence-electron chi connectivity index (χ1n) is 5.06. The fourth-order valence-corrected chi connectivity index (χ4v) is 2.27. The Bertz CT molecular complexity index is 560. The van der Waals surface area contributed by atoms with E-state index in [4.69, 9.17) is 4.74 Å². The van der Waals surface area contributed by atoms with Crippen LogP contribution in [0, 0.1) is 12.7 Å². The van der Waals surface area contributed by atoms with Crippen molar-refractivity contribution in [1.82, 2.24) is 0 Å². The van der Waals surface area contributed by atoms with E-state index in [-0.39, 0.29) is 11.5 Å². The van der Waals surface area contributed by atoms with Gasteiger partial charge in [-0.05, 0) is 36.6 Å². The number of carbonyl (C=O) groups is 1. The van der Waals surface area contributed by atoms with E-state index in [1.54, 1.807) is 6.07 Å². The maximum absolute atomic E-state index is 13.2. The third-order valence-corrected chi connectivity index (χ3v) is 3.36. The van der Waals surface area contributed by atoms with Gasteiger partial charge in [-0.25, -0.2) is 4.39 Å². The van der Waals surface area contributed by atoms with Crippen molar-refractivity contribution in [3.05, 3.63) is 51.5 Å². The van der Waals surface area contributed by atoms with E-state index in [9.17, 15) is 9.18 Å². The number of thiophene rings is 1. The van der Waals surface area contributed by atoms with Crippen LogP contribution in [0.25, 0.3) is 0 Å². The summed E-state index contributed by atoms with van der Waals surface area (Å²) < 4.78 is 18.1. The van der Waals surface area contributed by atoms with Gasteiger partial charge in [0, 0.05) is 16.0 Å². The molecule has 0 fully saturated rings. The van der Waals surface area contributed by atoms with E-state index < -0.39 is 5.82 Å². The molecule has 0 spiro atoms. The SMILES string of the molecule is COc1cc(C(=O)c2ccsc2C)ccc1F. The van der Waals surface area contributed by atoms with Crippen LogP contribution < -0.4 is 4.74 Å². The van der Waals surface area contributed by atoms with Crippen LogP contribution in [-0.2, 0) is 0 Å².